The van der Waals surface area contributed by atoms with E-state index in [2.05, 4.69) is 4.90 Å². The van der Waals surface area contributed by atoms with Crippen LogP contribution in [0.15, 0.2) is 12.1 Å². The van der Waals surface area contributed by atoms with E-state index in [0.29, 0.717) is 24.7 Å². The molecule has 0 N–H and O–H groups in total. The predicted molar refractivity (Wildman–Crippen MR) is 78.6 cm³/mol. The lowest BCUT2D eigenvalue weighted by Crippen LogP contribution is -2.31. The van der Waals surface area contributed by atoms with Crippen LogP contribution < -0.4 is 4.74 Å². The van der Waals surface area contributed by atoms with Gasteiger partial charge in [-0.3, -0.25) is 0 Å². The minimum absolute atomic E-state index is 0.194. The zero-order valence-electron chi connectivity index (χ0n) is 12.4. The van der Waals surface area contributed by atoms with Gasteiger partial charge in [-0.1, -0.05) is 6.42 Å². The Kier molecular flexibility index (Phi) is 4.73. The van der Waals surface area contributed by atoms with E-state index in [-0.39, 0.29) is 5.56 Å². The van der Waals surface area contributed by atoms with Crippen molar-refractivity contribution in [1.29, 1.82) is 0 Å². The molecular weight excluding hydrogens is 272 g/mol. The molecule has 3 rings (SSSR count). The molecule has 1 saturated heterocycles. The van der Waals surface area contributed by atoms with Crippen molar-refractivity contribution in [2.24, 2.45) is 5.92 Å². The fourth-order valence-corrected chi connectivity index (χ4v) is 2.85. The van der Waals surface area contributed by atoms with Crippen molar-refractivity contribution >= 4 is 0 Å². The molecule has 0 radical (unpaired) electrons. The number of hydrogen-bond acceptors (Lipinski definition) is 2. The summed E-state index contributed by atoms with van der Waals surface area (Å²) in [6, 6.07) is 2.66. The molecule has 1 aliphatic heterocycles. The third-order valence-electron chi connectivity index (χ3n) is 4.42. The Hall–Kier alpha value is -1.16. The van der Waals surface area contributed by atoms with Crippen molar-refractivity contribution in [3.63, 3.8) is 0 Å². The average Bonchev–Trinajstić information content (AvgIpc) is 3.29. The first-order chi connectivity index (χ1) is 10.2. The molecule has 1 aromatic rings. The second-order valence-electron chi connectivity index (χ2n) is 6.27. The number of likely N-dealkylation sites (tertiary alicyclic amines) is 1. The first-order valence-electron chi connectivity index (χ1n) is 8.05. The third-order valence-corrected chi connectivity index (χ3v) is 4.42. The Morgan fingerprint density at radius 3 is 2.33 bits per heavy atom. The molecule has 1 saturated carbocycles. The number of benzene rings is 1. The van der Waals surface area contributed by atoms with Crippen molar-refractivity contribution in [3.8, 4) is 5.75 Å². The molecule has 0 atom stereocenters. The van der Waals surface area contributed by atoms with Gasteiger partial charge >= 0.3 is 0 Å². The molecule has 2 aliphatic rings. The van der Waals surface area contributed by atoms with Gasteiger partial charge in [-0.15, -0.1) is 0 Å². The number of hydrogen-bond donors (Lipinski definition) is 0. The quantitative estimate of drug-likeness (QED) is 0.792. The number of rotatable bonds is 6. The van der Waals surface area contributed by atoms with Crippen molar-refractivity contribution < 1.29 is 13.5 Å². The van der Waals surface area contributed by atoms with Crippen LogP contribution in [0.3, 0.4) is 0 Å². The number of nitrogens with zero attached hydrogens (tertiary/aromatic N) is 1. The van der Waals surface area contributed by atoms with E-state index in [1.54, 1.807) is 0 Å². The Labute approximate surface area is 125 Å². The van der Waals surface area contributed by atoms with E-state index in [0.717, 1.165) is 19.6 Å². The van der Waals surface area contributed by atoms with Gasteiger partial charge in [0.2, 0.25) is 0 Å². The highest BCUT2D eigenvalue weighted by atomic mass is 19.1. The van der Waals surface area contributed by atoms with Gasteiger partial charge in [-0.2, -0.15) is 0 Å². The second kappa shape index (κ2) is 6.73. The van der Waals surface area contributed by atoms with Crippen LogP contribution in [0.1, 0.15) is 37.7 Å². The van der Waals surface area contributed by atoms with Gasteiger partial charge in [0.1, 0.15) is 17.4 Å². The molecule has 1 heterocycles. The molecule has 116 valence electrons. The van der Waals surface area contributed by atoms with E-state index >= 15 is 0 Å². The Morgan fingerprint density at radius 1 is 1.05 bits per heavy atom. The van der Waals surface area contributed by atoms with Crippen LogP contribution >= 0.6 is 0 Å². The number of halogens is 2. The minimum Gasteiger partial charge on any atom is -0.493 e. The monoisotopic (exact) mass is 295 g/mol. The molecule has 21 heavy (non-hydrogen) atoms. The Morgan fingerprint density at radius 2 is 1.71 bits per heavy atom. The third kappa shape index (κ3) is 4.16. The first kappa shape index (κ1) is 14.8. The lowest BCUT2D eigenvalue weighted by molar-refractivity contribution is 0.230. The largest absolute Gasteiger partial charge is 0.493 e. The minimum atomic E-state index is -0.474. The molecule has 0 amide bonds. The Balaban J connectivity index is 1.58. The van der Waals surface area contributed by atoms with Crippen LogP contribution in [0.5, 0.6) is 5.75 Å². The summed E-state index contributed by atoms with van der Waals surface area (Å²) in [4.78, 5) is 2.29. The van der Waals surface area contributed by atoms with Gasteiger partial charge < -0.3 is 9.64 Å². The zero-order chi connectivity index (χ0) is 14.7. The topological polar surface area (TPSA) is 12.5 Å². The van der Waals surface area contributed by atoms with Crippen LogP contribution in [-0.2, 0) is 6.42 Å². The molecule has 0 bridgehead atoms. The van der Waals surface area contributed by atoms with Gasteiger partial charge in [0.15, 0.2) is 0 Å². The standard InChI is InChI=1S/C17H23F2NO/c18-16-10-14(21-12-13-4-5-13)11-17(19)15(16)6-9-20-7-2-1-3-8-20/h10-11,13H,1-9,12H2. The Bertz CT molecular complexity index is 459. The molecule has 2 fully saturated rings. The van der Waals surface area contributed by atoms with E-state index in [1.807, 2.05) is 0 Å². The van der Waals surface area contributed by atoms with Crippen molar-refractivity contribution in [1.82, 2.24) is 4.90 Å². The maximum atomic E-state index is 14.1. The normalized spacial score (nSPS) is 19.7. The summed E-state index contributed by atoms with van der Waals surface area (Å²) in [7, 11) is 0. The van der Waals surface area contributed by atoms with Gasteiger partial charge in [0, 0.05) is 24.2 Å². The molecule has 2 nitrogen and oxygen atoms in total. The first-order valence-corrected chi connectivity index (χ1v) is 8.05. The van der Waals surface area contributed by atoms with E-state index in [1.165, 1.54) is 44.2 Å². The number of ether oxygens (including phenoxy) is 1. The molecule has 1 aliphatic carbocycles. The fourth-order valence-electron chi connectivity index (χ4n) is 2.85. The predicted octanol–water partition coefficient (Wildman–Crippen LogP) is 3.78. The molecule has 0 spiro atoms. The van der Waals surface area contributed by atoms with Crippen molar-refractivity contribution in [2.75, 3.05) is 26.2 Å². The maximum absolute atomic E-state index is 14.1. The van der Waals surface area contributed by atoms with Crippen LogP contribution in [0.2, 0.25) is 0 Å². The highest BCUT2D eigenvalue weighted by Crippen LogP contribution is 2.30. The summed E-state index contributed by atoms with van der Waals surface area (Å²) in [5.74, 6) is -0.0517. The SMILES string of the molecule is Fc1cc(OCC2CC2)cc(F)c1CCN1CCCCC1. The average molecular weight is 295 g/mol. The molecule has 4 heteroatoms. The highest BCUT2D eigenvalue weighted by Gasteiger charge is 2.22. The summed E-state index contributed by atoms with van der Waals surface area (Å²) < 4.78 is 33.6. The molecular formula is C17H23F2NO. The maximum Gasteiger partial charge on any atom is 0.133 e. The van der Waals surface area contributed by atoms with Gasteiger partial charge in [-0.25, -0.2) is 8.78 Å². The lowest BCUT2D eigenvalue weighted by atomic mass is 10.1. The summed E-state index contributed by atoms with van der Waals surface area (Å²) in [5, 5.41) is 0. The lowest BCUT2D eigenvalue weighted by Gasteiger charge is -2.26. The van der Waals surface area contributed by atoms with E-state index in [9.17, 15) is 8.78 Å². The van der Waals surface area contributed by atoms with Gasteiger partial charge in [-0.05, 0) is 51.1 Å². The van der Waals surface area contributed by atoms with Crippen LogP contribution in [0, 0.1) is 17.6 Å². The van der Waals surface area contributed by atoms with E-state index in [4.69, 9.17) is 4.74 Å². The molecule has 0 unspecified atom stereocenters. The molecule has 0 aromatic heterocycles. The summed E-state index contributed by atoms with van der Waals surface area (Å²) >= 11 is 0. The van der Waals surface area contributed by atoms with Crippen LogP contribution in [0.25, 0.3) is 0 Å². The zero-order valence-corrected chi connectivity index (χ0v) is 12.4. The van der Waals surface area contributed by atoms with Gasteiger partial charge in [0.05, 0.1) is 6.61 Å². The van der Waals surface area contributed by atoms with Crippen molar-refractivity contribution in [3.05, 3.63) is 29.3 Å². The fraction of sp³-hybridized carbons (Fsp3) is 0.647. The smallest absolute Gasteiger partial charge is 0.133 e. The number of piperidine rings is 1. The summed E-state index contributed by atoms with van der Waals surface area (Å²) in [6.45, 7) is 3.40. The highest BCUT2D eigenvalue weighted by molar-refractivity contribution is 5.31. The second-order valence-corrected chi connectivity index (χ2v) is 6.27. The molecule has 1 aromatic carbocycles. The van der Waals surface area contributed by atoms with Crippen molar-refractivity contribution in [2.45, 2.75) is 38.5 Å². The van der Waals surface area contributed by atoms with Crippen LogP contribution in [-0.4, -0.2) is 31.1 Å². The van der Waals surface area contributed by atoms with Crippen LogP contribution in [0.4, 0.5) is 8.78 Å². The van der Waals surface area contributed by atoms with Gasteiger partial charge in [0.25, 0.3) is 0 Å². The van der Waals surface area contributed by atoms with E-state index < -0.39 is 11.6 Å². The summed E-state index contributed by atoms with van der Waals surface area (Å²) in [5.41, 5.74) is 0.194. The summed E-state index contributed by atoms with van der Waals surface area (Å²) in [6.07, 6.45) is 6.42.